The average molecular weight is 528 g/mol. The van der Waals surface area contributed by atoms with Gasteiger partial charge in [-0.05, 0) is 69.1 Å². The summed E-state index contributed by atoms with van der Waals surface area (Å²) < 4.78 is 21.6. The molecule has 1 aliphatic heterocycles. The van der Waals surface area contributed by atoms with Crippen LogP contribution >= 0.6 is 0 Å². The van der Waals surface area contributed by atoms with Gasteiger partial charge in [0.25, 0.3) is 11.8 Å². The number of nitrogens with zero attached hydrogens (tertiary/aromatic N) is 1. The van der Waals surface area contributed by atoms with Crippen LogP contribution in [-0.4, -0.2) is 83.0 Å². The summed E-state index contributed by atoms with van der Waals surface area (Å²) in [7, 11) is 4.81. The van der Waals surface area contributed by atoms with Gasteiger partial charge in [-0.3, -0.25) is 9.59 Å². The summed E-state index contributed by atoms with van der Waals surface area (Å²) in [5.74, 6) is 1.76. The number of carbonyl (C=O) groups is 2. The van der Waals surface area contributed by atoms with Gasteiger partial charge in [-0.15, -0.1) is 0 Å². The fourth-order valence-electron chi connectivity index (χ4n) is 4.76. The van der Waals surface area contributed by atoms with Crippen molar-refractivity contribution in [2.75, 3.05) is 54.2 Å². The van der Waals surface area contributed by atoms with Crippen LogP contribution in [0.5, 0.6) is 17.2 Å². The van der Waals surface area contributed by atoms with E-state index >= 15 is 0 Å². The first-order valence-corrected chi connectivity index (χ1v) is 13.1. The van der Waals surface area contributed by atoms with E-state index in [-0.39, 0.29) is 29.8 Å². The predicted octanol–water partition coefficient (Wildman–Crippen LogP) is 3.38. The Hall–Kier alpha value is -3.30. The van der Waals surface area contributed by atoms with Crippen molar-refractivity contribution in [1.82, 2.24) is 15.5 Å². The van der Waals surface area contributed by atoms with Crippen LogP contribution in [0.1, 0.15) is 47.4 Å². The Labute approximate surface area is 225 Å². The zero-order chi connectivity index (χ0) is 27.5. The number of hydrogen-bond acceptors (Lipinski definition) is 7. The molecule has 0 saturated carbocycles. The summed E-state index contributed by atoms with van der Waals surface area (Å²) in [6.07, 6.45) is 1.52. The second-order valence-electron chi connectivity index (χ2n) is 9.72. The van der Waals surface area contributed by atoms with E-state index in [0.29, 0.717) is 54.7 Å². The van der Waals surface area contributed by atoms with Crippen molar-refractivity contribution in [2.45, 2.75) is 38.8 Å². The van der Waals surface area contributed by atoms with Crippen LogP contribution < -0.4 is 24.8 Å². The van der Waals surface area contributed by atoms with E-state index in [4.69, 9.17) is 18.9 Å². The maximum absolute atomic E-state index is 13.7. The minimum atomic E-state index is -0.140. The van der Waals surface area contributed by atoms with Crippen LogP contribution in [0.15, 0.2) is 42.5 Å². The van der Waals surface area contributed by atoms with Crippen LogP contribution in [-0.2, 0) is 4.74 Å². The lowest BCUT2D eigenvalue weighted by Gasteiger charge is -2.40. The topological polar surface area (TPSA) is 98.4 Å². The first-order valence-electron chi connectivity index (χ1n) is 13.1. The lowest BCUT2D eigenvalue weighted by atomic mass is 9.93. The molecule has 9 nitrogen and oxygen atoms in total. The van der Waals surface area contributed by atoms with E-state index in [0.717, 1.165) is 19.4 Å². The maximum Gasteiger partial charge on any atom is 0.254 e. The van der Waals surface area contributed by atoms with E-state index in [9.17, 15) is 9.59 Å². The van der Waals surface area contributed by atoms with Gasteiger partial charge in [-0.1, -0.05) is 6.07 Å². The summed E-state index contributed by atoms with van der Waals surface area (Å²) in [5.41, 5.74) is 1.11. The summed E-state index contributed by atoms with van der Waals surface area (Å²) in [5, 5.41) is 6.50. The minimum absolute atomic E-state index is 0.00685. The smallest absolute Gasteiger partial charge is 0.254 e. The number of nitrogens with one attached hydrogen (secondary N) is 2. The Morgan fingerprint density at radius 1 is 1.00 bits per heavy atom. The largest absolute Gasteiger partial charge is 0.497 e. The quantitative estimate of drug-likeness (QED) is 0.386. The molecule has 1 fully saturated rings. The number of rotatable bonds is 13. The molecule has 1 saturated heterocycles. The van der Waals surface area contributed by atoms with Crippen molar-refractivity contribution in [3.05, 3.63) is 53.6 Å². The highest BCUT2D eigenvalue weighted by Gasteiger charge is 2.32. The molecule has 0 aliphatic carbocycles. The van der Waals surface area contributed by atoms with Crippen LogP contribution in [0.25, 0.3) is 0 Å². The normalized spacial score (nSPS) is 17.1. The van der Waals surface area contributed by atoms with Gasteiger partial charge in [0.1, 0.15) is 5.75 Å². The van der Waals surface area contributed by atoms with E-state index in [1.165, 1.54) is 0 Å². The fraction of sp³-hybridized carbons (Fsp3) is 0.517. The van der Waals surface area contributed by atoms with Gasteiger partial charge >= 0.3 is 0 Å². The number of methoxy groups -OCH3 is 3. The minimum Gasteiger partial charge on any atom is -0.497 e. The third-order valence-electron chi connectivity index (χ3n) is 6.65. The van der Waals surface area contributed by atoms with E-state index in [1.54, 1.807) is 57.7 Å². The van der Waals surface area contributed by atoms with Crippen molar-refractivity contribution < 1.29 is 28.5 Å². The Morgan fingerprint density at radius 3 is 2.53 bits per heavy atom. The molecule has 2 unspecified atom stereocenters. The van der Waals surface area contributed by atoms with Crippen molar-refractivity contribution in [2.24, 2.45) is 5.92 Å². The van der Waals surface area contributed by atoms with Gasteiger partial charge < -0.3 is 34.5 Å². The predicted molar refractivity (Wildman–Crippen MR) is 146 cm³/mol. The Balaban J connectivity index is 1.67. The molecular weight excluding hydrogens is 486 g/mol. The average Bonchev–Trinajstić information content (AvgIpc) is 2.94. The molecule has 2 atom stereocenters. The first-order chi connectivity index (χ1) is 18.4. The van der Waals surface area contributed by atoms with E-state index in [1.807, 2.05) is 24.8 Å². The van der Waals surface area contributed by atoms with Crippen LogP contribution in [0, 0.1) is 5.92 Å². The zero-order valence-corrected chi connectivity index (χ0v) is 23.1. The van der Waals surface area contributed by atoms with Gasteiger partial charge in [-0.25, -0.2) is 0 Å². The number of benzene rings is 2. The van der Waals surface area contributed by atoms with Gasteiger partial charge in [0.05, 0.1) is 20.8 Å². The van der Waals surface area contributed by atoms with Gasteiger partial charge in [0.2, 0.25) is 0 Å². The molecule has 0 bridgehead atoms. The second-order valence-corrected chi connectivity index (χ2v) is 9.72. The first kappa shape index (κ1) is 29.3. The highest BCUT2D eigenvalue weighted by molar-refractivity contribution is 5.95. The van der Waals surface area contributed by atoms with Crippen molar-refractivity contribution >= 4 is 11.8 Å². The summed E-state index contributed by atoms with van der Waals surface area (Å²) in [6, 6.07) is 12.4. The van der Waals surface area contributed by atoms with Crippen LogP contribution in [0.4, 0.5) is 0 Å². The summed E-state index contributed by atoms with van der Waals surface area (Å²) in [6.45, 7) is 7.10. The monoisotopic (exact) mass is 527 g/mol. The van der Waals surface area contributed by atoms with Crippen molar-refractivity contribution in [1.29, 1.82) is 0 Å². The van der Waals surface area contributed by atoms with Gasteiger partial charge in [0.15, 0.2) is 11.5 Å². The number of carbonyl (C=O) groups excluding carboxylic acids is 2. The Morgan fingerprint density at radius 2 is 1.82 bits per heavy atom. The molecule has 2 aromatic rings. The molecule has 2 aromatic carbocycles. The highest BCUT2D eigenvalue weighted by Crippen LogP contribution is 2.30. The fourth-order valence-corrected chi connectivity index (χ4v) is 4.76. The molecule has 3 rings (SSSR count). The molecule has 1 aliphatic rings. The van der Waals surface area contributed by atoms with Gasteiger partial charge in [0, 0.05) is 56.4 Å². The molecule has 38 heavy (non-hydrogen) atoms. The highest BCUT2D eigenvalue weighted by atomic mass is 16.5. The summed E-state index contributed by atoms with van der Waals surface area (Å²) in [4.78, 5) is 28.3. The third kappa shape index (κ3) is 7.85. The second kappa shape index (κ2) is 14.6. The zero-order valence-electron chi connectivity index (χ0n) is 23.1. The molecule has 9 heteroatoms. The molecule has 0 aromatic heterocycles. The SMILES string of the molecule is COCCCOc1cc(C(=O)N(C(C)C)C2CNCC(CNC(=O)c3cccc(OC)c3)C2)ccc1OC. The van der Waals surface area contributed by atoms with Crippen LogP contribution in [0.3, 0.4) is 0 Å². The molecule has 0 radical (unpaired) electrons. The number of amides is 2. The molecule has 0 spiro atoms. The lowest BCUT2D eigenvalue weighted by molar-refractivity contribution is 0.0534. The molecule has 2 N–H and O–H groups in total. The maximum atomic E-state index is 13.7. The Kier molecular flexibility index (Phi) is 11.2. The van der Waals surface area contributed by atoms with Crippen molar-refractivity contribution in [3.63, 3.8) is 0 Å². The third-order valence-corrected chi connectivity index (χ3v) is 6.65. The molecule has 1 heterocycles. The Bertz CT molecular complexity index is 1060. The van der Waals surface area contributed by atoms with Crippen molar-refractivity contribution in [3.8, 4) is 17.2 Å². The van der Waals surface area contributed by atoms with E-state index < -0.39 is 0 Å². The number of ether oxygens (including phenoxy) is 4. The molecule has 2 amide bonds. The van der Waals surface area contributed by atoms with E-state index in [2.05, 4.69) is 10.6 Å². The summed E-state index contributed by atoms with van der Waals surface area (Å²) >= 11 is 0. The number of piperidine rings is 1. The lowest BCUT2D eigenvalue weighted by Crippen LogP contribution is -2.55. The standard InChI is InChI=1S/C29H41N3O6/c1-20(2)32(29(34)23-10-11-26(37-5)27(16-23)38-13-7-12-35-3)24-14-21(17-30-19-24)18-31-28(33)22-8-6-9-25(15-22)36-4/h6,8-11,15-16,20-21,24,30H,7,12-14,17-19H2,1-5H3,(H,31,33). The molecular formula is C29H41N3O6. The van der Waals surface area contributed by atoms with Crippen LogP contribution in [0.2, 0.25) is 0 Å². The number of hydrogen-bond donors (Lipinski definition) is 2. The molecule has 208 valence electrons. The van der Waals surface area contributed by atoms with Gasteiger partial charge in [-0.2, -0.15) is 0 Å².